The quantitative estimate of drug-likeness (QED) is 0.627. The fourth-order valence-electron chi connectivity index (χ4n) is 2.77. The Labute approximate surface area is 167 Å². The van der Waals surface area contributed by atoms with Crippen LogP contribution in [-0.2, 0) is 24.1 Å². The monoisotopic (exact) mass is 467 g/mol. The van der Waals surface area contributed by atoms with Crippen LogP contribution in [0.5, 0.6) is 0 Å². The molecule has 0 radical (unpaired) electrons. The number of hydrogen-bond donors (Lipinski definition) is 1. The Balaban J connectivity index is 1.56. The van der Waals surface area contributed by atoms with Crippen molar-refractivity contribution >= 4 is 33.4 Å². The maximum absolute atomic E-state index is 13.0. The van der Waals surface area contributed by atoms with Gasteiger partial charge in [0, 0.05) is 25.2 Å². The first-order valence-electron chi connectivity index (χ1n) is 8.46. The van der Waals surface area contributed by atoms with Gasteiger partial charge in [-0.25, -0.2) is 0 Å². The fourth-order valence-corrected chi connectivity index (χ4v) is 3.48. The molecule has 1 aliphatic carbocycles. The molecule has 0 atom stereocenters. The highest BCUT2D eigenvalue weighted by Crippen LogP contribution is 2.46. The van der Waals surface area contributed by atoms with E-state index in [4.69, 9.17) is 11.6 Å². The van der Waals surface area contributed by atoms with E-state index in [0.29, 0.717) is 25.2 Å². The van der Waals surface area contributed by atoms with Crippen LogP contribution >= 0.6 is 27.5 Å². The van der Waals surface area contributed by atoms with Crippen molar-refractivity contribution in [3.63, 3.8) is 0 Å². The second kappa shape index (κ2) is 7.83. The second-order valence-corrected chi connectivity index (χ2v) is 7.74. The molecule has 0 aliphatic heterocycles. The minimum absolute atomic E-state index is 0.0598. The van der Waals surface area contributed by atoms with Gasteiger partial charge in [0.2, 0.25) is 5.91 Å². The smallest absolute Gasteiger partial charge is 0.354 e. The first-order chi connectivity index (χ1) is 12.7. The molecule has 1 saturated carbocycles. The molecule has 2 aromatic rings. The third-order valence-corrected chi connectivity index (χ3v) is 5.38. The summed E-state index contributed by atoms with van der Waals surface area (Å²) in [5, 5.41) is 10.1. The van der Waals surface area contributed by atoms with Gasteiger partial charge in [-0.15, -0.1) is 0 Å². The van der Waals surface area contributed by atoms with Crippen LogP contribution < -0.4 is 5.32 Å². The predicted molar refractivity (Wildman–Crippen MR) is 96.5 cm³/mol. The number of aromatic nitrogens is 4. The van der Waals surface area contributed by atoms with E-state index >= 15 is 0 Å². The number of aryl methyl sites for hydroxylation is 2. The van der Waals surface area contributed by atoms with E-state index in [1.165, 1.54) is 0 Å². The topological polar surface area (TPSA) is 64.7 Å². The number of halogens is 5. The summed E-state index contributed by atoms with van der Waals surface area (Å²) in [6.45, 7) is 2.60. The molecule has 0 spiro atoms. The summed E-state index contributed by atoms with van der Waals surface area (Å²) in [6.07, 6.45) is -0.642. The Morgan fingerprint density at radius 1 is 1.41 bits per heavy atom. The van der Waals surface area contributed by atoms with Crippen LogP contribution in [-0.4, -0.2) is 32.0 Å². The molecule has 3 rings (SSSR count). The molecular formula is C16H18BrClF3N5O. The molecular weight excluding hydrogens is 451 g/mol. The second-order valence-electron chi connectivity index (χ2n) is 6.51. The summed E-state index contributed by atoms with van der Waals surface area (Å²) in [4.78, 5) is 12.1. The summed E-state index contributed by atoms with van der Waals surface area (Å²) >= 11 is 9.27. The first kappa shape index (κ1) is 20.2. The highest BCUT2D eigenvalue weighted by atomic mass is 79.9. The highest BCUT2D eigenvalue weighted by molar-refractivity contribution is 9.10. The van der Waals surface area contributed by atoms with Crippen LogP contribution in [0.25, 0.3) is 0 Å². The number of carbonyl (C=O) groups is 1. The minimum Gasteiger partial charge on any atom is -0.354 e. The standard InChI is InChI=1S/C16H18BrClF3N5O/c1-9-11(17)7-25(23-9)6-2-5-22-12(27)8-26-14(10-3-4-10)13(18)15(24-26)16(19,20)21/h7,10H,2-6,8H2,1H3,(H,22,27). The third-order valence-electron chi connectivity index (χ3n) is 4.23. The Morgan fingerprint density at radius 2 is 2.11 bits per heavy atom. The zero-order valence-corrected chi connectivity index (χ0v) is 16.8. The average molecular weight is 469 g/mol. The molecule has 1 fully saturated rings. The summed E-state index contributed by atoms with van der Waals surface area (Å²) in [5.74, 6) is -0.460. The maximum atomic E-state index is 13.0. The molecule has 0 bridgehead atoms. The van der Waals surface area contributed by atoms with Gasteiger partial charge in [-0.05, 0) is 42.1 Å². The molecule has 2 aromatic heterocycles. The zero-order chi connectivity index (χ0) is 19.8. The number of alkyl halides is 3. The average Bonchev–Trinajstić information content (AvgIpc) is 3.27. The van der Waals surface area contributed by atoms with Gasteiger partial charge < -0.3 is 5.32 Å². The molecule has 11 heteroatoms. The third kappa shape index (κ3) is 4.84. The van der Waals surface area contributed by atoms with E-state index in [1.54, 1.807) is 4.68 Å². The molecule has 1 aliphatic rings. The molecule has 1 amide bonds. The van der Waals surface area contributed by atoms with Gasteiger partial charge in [-0.1, -0.05) is 11.6 Å². The van der Waals surface area contributed by atoms with Gasteiger partial charge in [0.1, 0.15) is 6.54 Å². The van der Waals surface area contributed by atoms with Crippen LogP contribution in [0.2, 0.25) is 5.02 Å². The largest absolute Gasteiger partial charge is 0.436 e. The van der Waals surface area contributed by atoms with Crippen molar-refractivity contribution in [2.45, 2.75) is 51.4 Å². The SMILES string of the molecule is Cc1nn(CCCNC(=O)Cn2nc(C(F)(F)F)c(Cl)c2C2CC2)cc1Br. The van der Waals surface area contributed by atoms with Crippen molar-refractivity contribution in [2.75, 3.05) is 6.54 Å². The summed E-state index contributed by atoms with van der Waals surface area (Å²) in [5.41, 5.74) is 0.0529. The molecule has 148 valence electrons. The number of nitrogens with zero attached hydrogens (tertiary/aromatic N) is 4. The van der Waals surface area contributed by atoms with Crippen LogP contribution in [0, 0.1) is 6.92 Å². The lowest BCUT2D eigenvalue weighted by Gasteiger charge is -2.08. The van der Waals surface area contributed by atoms with E-state index in [0.717, 1.165) is 27.7 Å². The Bertz CT molecular complexity index is 824. The number of rotatable bonds is 7. The van der Waals surface area contributed by atoms with Gasteiger partial charge >= 0.3 is 6.18 Å². The van der Waals surface area contributed by atoms with Crippen molar-refractivity contribution in [3.8, 4) is 0 Å². The normalized spacial score (nSPS) is 14.6. The lowest BCUT2D eigenvalue weighted by molar-refractivity contribution is -0.141. The van der Waals surface area contributed by atoms with Crippen molar-refractivity contribution in [2.24, 2.45) is 0 Å². The van der Waals surface area contributed by atoms with Crippen molar-refractivity contribution in [1.29, 1.82) is 0 Å². The number of carbonyl (C=O) groups excluding carboxylic acids is 1. The fraction of sp³-hybridized carbons (Fsp3) is 0.562. The lowest BCUT2D eigenvalue weighted by atomic mass is 10.2. The van der Waals surface area contributed by atoms with E-state index < -0.39 is 22.8 Å². The molecule has 0 unspecified atom stereocenters. The molecule has 2 heterocycles. The van der Waals surface area contributed by atoms with Gasteiger partial charge in [0.25, 0.3) is 0 Å². The summed E-state index contributed by atoms with van der Waals surface area (Å²) in [6, 6.07) is 0. The van der Waals surface area contributed by atoms with E-state index in [1.807, 2.05) is 13.1 Å². The lowest BCUT2D eigenvalue weighted by Crippen LogP contribution is -2.30. The number of hydrogen-bond acceptors (Lipinski definition) is 3. The van der Waals surface area contributed by atoms with Crippen LogP contribution in [0.4, 0.5) is 13.2 Å². The Morgan fingerprint density at radius 3 is 2.67 bits per heavy atom. The zero-order valence-electron chi connectivity index (χ0n) is 14.5. The van der Waals surface area contributed by atoms with Gasteiger partial charge in [-0.3, -0.25) is 14.2 Å². The van der Waals surface area contributed by atoms with E-state index in [-0.39, 0.29) is 12.5 Å². The summed E-state index contributed by atoms with van der Waals surface area (Å²) in [7, 11) is 0. The Kier molecular flexibility index (Phi) is 5.85. The summed E-state index contributed by atoms with van der Waals surface area (Å²) < 4.78 is 42.9. The highest BCUT2D eigenvalue weighted by Gasteiger charge is 2.42. The van der Waals surface area contributed by atoms with Crippen LogP contribution in [0.3, 0.4) is 0 Å². The Hall–Kier alpha value is -1.55. The van der Waals surface area contributed by atoms with Crippen LogP contribution in [0.15, 0.2) is 10.7 Å². The number of nitrogens with one attached hydrogen (secondary N) is 1. The van der Waals surface area contributed by atoms with Crippen molar-refractivity contribution in [1.82, 2.24) is 24.9 Å². The molecule has 0 aromatic carbocycles. The van der Waals surface area contributed by atoms with Gasteiger partial charge in [0.15, 0.2) is 5.69 Å². The van der Waals surface area contributed by atoms with Crippen molar-refractivity contribution < 1.29 is 18.0 Å². The maximum Gasteiger partial charge on any atom is 0.436 e. The number of amides is 1. The van der Waals surface area contributed by atoms with Crippen molar-refractivity contribution in [3.05, 3.63) is 32.8 Å². The molecule has 6 nitrogen and oxygen atoms in total. The predicted octanol–water partition coefficient (Wildman–Crippen LogP) is 3.91. The first-order valence-corrected chi connectivity index (χ1v) is 9.63. The van der Waals surface area contributed by atoms with E-state index in [9.17, 15) is 18.0 Å². The molecule has 27 heavy (non-hydrogen) atoms. The van der Waals surface area contributed by atoms with Crippen LogP contribution in [0.1, 0.15) is 42.3 Å². The van der Waals surface area contributed by atoms with Gasteiger partial charge in [-0.2, -0.15) is 23.4 Å². The molecule has 0 saturated heterocycles. The molecule has 1 N–H and O–H groups in total. The van der Waals surface area contributed by atoms with E-state index in [2.05, 4.69) is 31.4 Å². The van der Waals surface area contributed by atoms with Gasteiger partial charge in [0.05, 0.1) is 20.9 Å². The minimum atomic E-state index is -4.64.